The maximum absolute atomic E-state index is 8.66. The van der Waals surface area contributed by atoms with Crippen LogP contribution in [0.4, 0.5) is 0 Å². The van der Waals surface area contributed by atoms with Gasteiger partial charge >= 0.3 is 0 Å². The third-order valence-corrected chi connectivity index (χ3v) is 3.67. The van der Waals surface area contributed by atoms with E-state index in [0.717, 1.165) is 6.42 Å². The van der Waals surface area contributed by atoms with Crippen LogP contribution in [-0.4, -0.2) is 18.8 Å². The summed E-state index contributed by atoms with van der Waals surface area (Å²) >= 11 is 0. The van der Waals surface area contributed by atoms with Gasteiger partial charge < -0.3 is 10.8 Å². The van der Waals surface area contributed by atoms with Gasteiger partial charge in [0.2, 0.25) is 0 Å². The second kappa shape index (κ2) is 24.7. The topological polar surface area (TPSA) is 46.2 Å². The maximum Gasteiger partial charge on any atom is 0.0431 e. The lowest BCUT2D eigenvalue weighted by Gasteiger charge is -1.99. The van der Waals surface area contributed by atoms with Gasteiger partial charge in [0.1, 0.15) is 0 Å². The summed E-state index contributed by atoms with van der Waals surface area (Å²) in [5, 5.41) is 8.66. The summed E-state index contributed by atoms with van der Waals surface area (Å²) in [6.45, 7) is 2.64. The fourth-order valence-electron chi connectivity index (χ4n) is 2.36. The first-order valence-corrected chi connectivity index (χ1v) is 9.25. The fraction of sp³-hybridized carbons (Fsp3) is 0.895. The minimum Gasteiger partial charge on any atom is -0.396 e. The van der Waals surface area contributed by atoms with E-state index in [4.69, 9.17) is 5.11 Å². The van der Waals surface area contributed by atoms with E-state index in [1.165, 1.54) is 90.5 Å². The number of aliphatic hydroxyl groups excluding tert-OH is 1. The van der Waals surface area contributed by atoms with Gasteiger partial charge in [-0.3, -0.25) is 0 Å². The van der Waals surface area contributed by atoms with Crippen molar-refractivity contribution < 1.29 is 5.11 Å². The Labute approximate surface area is 134 Å². The molecule has 0 saturated carbocycles. The molecule has 0 bridgehead atoms. The molecule has 0 unspecified atom stereocenters. The molecular weight excluding hydrogens is 258 g/mol. The molecular formula is C19H41NO. The first-order chi connectivity index (χ1) is 10.4. The molecule has 0 radical (unpaired) electrons. The van der Waals surface area contributed by atoms with Crippen LogP contribution in [0.15, 0.2) is 12.2 Å². The zero-order chi connectivity index (χ0) is 16.0. The van der Waals surface area contributed by atoms with Gasteiger partial charge in [-0.05, 0) is 39.2 Å². The van der Waals surface area contributed by atoms with Crippen LogP contribution in [0, 0.1) is 0 Å². The quantitative estimate of drug-likeness (QED) is 0.306. The summed E-state index contributed by atoms with van der Waals surface area (Å²) in [7, 11) is 1.50. The predicted octanol–water partition coefficient (Wildman–Crippen LogP) is 5.59. The van der Waals surface area contributed by atoms with E-state index >= 15 is 0 Å². The van der Waals surface area contributed by atoms with Crippen molar-refractivity contribution in [3.63, 3.8) is 0 Å². The van der Waals surface area contributed by atoms with Gasteiger partial charge in [-0.15, -0.1) is 0 Å². The molecule has 0 aliphatic heterocycles. The molecule has 0 fully saturated rings. The molecule has 0 heterocycles. The number of rotatable bonds is 15. The highest BCUT2D eigenvalue weighted by Gasteiger charge is 1.90. The van der Waals surface area contributed by atoms with Gasteiger partial charge in [0.25, 0.3) is 0 Å². The lowest BCUT2D eigenvalue weighted by atomic mass is 10.1. The average Bonchev–Trinajstić information content (AvgIpc) is 2.53. The SMILES string of the molecule is CCCCCCCC/C=C\CCCCCCCCO.CN. The largest absolute Gasteiger partial charge is 0.396 e. The molecule has 0 aliphatic carbocycles. The second-order valence-corrected chi connectivity index (χ2v) is 5.66. The van der Waals surface area contributed by atoms with E-state index in [1.807, 2.05) is 0 Å². The first-order valence-electron chi connectivity index (χ1n) is 9.25. The zero-order valence-electron chi connectivity index (χ0n) is 14.8. The van der Waals surface area contributed by atoms with Crippen molar-refractivity contribution in [3.8, 4) is 0 Å². The summed E-state index contributed by atoms with van der Waals surface area (Å²) in [5.74, 6) is 0. The Kier molecular flexibility index (Phi) is 26.9. The van der Waals surface area contributed by atoms with E-state index in [-0.39, 0.29) is 0 Å². The standard InChI is InChI=1S/C18H36O.CH5N/c1-2-3-4-5-6-7-8-9-10-11-12-13-14-15-16-17-18-19;1-2/h9-10,19H,2-8,11-18H2,1H3;2H2,1H3/b10-9-;. The van der Waals surface area contributed by atoms with Gasteiger partial charge in [-0.25, -0.2) is 0 Å². The summed E-state index contributed by atoms with van der Waals surface area (Å²) in [5.41, 5.74) is 4.50. The van der Waals surface area contributed by atoms with Crippen molar-refractivity contribution in [1.82, 2.24) is 0 Å². The molecule has 2 nitrogen and oxygen atoms in total. The van der Waals surface area contributed by atoms with Crippen molar-refractivity contribution in [3.05, 3.63) is 12.2 Å². The average molecular weight is 300 g/mol. The van der Waals surface area contributed by atoms with Crippen LogP contribution in [0.3, 0.4) is 0 Å². The molecule has 3 N–H and O–H groups in total. The van der Waals surface area contributed by atoms with Gasteiger partial charge in [0.15, 0.2) is 0 Å². The molecule has 0 aromatic carbocycles. The Morgan fingerprint density at radius 3 is 1.43 bits per heavy atom. The van der Waals surface area contributed by atoms with Crippen molar-refractivity contribution in [1.29, 1.82) is 0 Å². The summed E-state index contributed by atoms with van der Waals surface area (Å²) in [4.78, 5) is 0. The highest BCUT2D eigenvalue weighted by molar-refractivity contribution is 4.81. The molecule has 0 aromatic rings. The fourth-order valence-corrected chi connectivity index (χ4v) is 2.36. The predicted molar refractivity (Wildman–Crippen MR) is 96.6 cm³/mol. The molecule has 0 spiro atoms. The molecule has 0 aromatic heterocycles. The number of nitrogens with two attached hydrogens (primary N) is 1. The highest BCUT2D eigenvalue weighted by atomic mass is 16.2. The Morgan fingerprint density at radius 1 is 0.619 bits per heavy atom. The van der Waals surface area contributed by atoms with Crippen LogP contribution in [0.5, 0.6) is 0 Å². The van der Waals surface area contributed by atoms with Crippen LogP contribution in [-0.2, 0) is 0 Å². The lowest BCUT2D eigenvalue weighted by molar-refractivity contribution is 0.282. The van der Waals surface area contributed by atoms with Crippen LogP contribution in [0.1, 0.15) is 96.8 Å². The normalized spacial score (nSPS) is 10.7. The third kappa shape index (κ3) is 25.0. The van der Waals surface area contributed by atoms with Crippen molar-refractivity contribution >= 4 is 0 Å². The lowest BCUT2D eigenvalue weighted by Crippen LogP contribution is -1.83. The first kappa shape index (κ1) is 22.9. The second-order valence-electron chi connectivity index (χ2n) is 5.66. The number of aliphatic hydroxyl groups is 1. The van der Waals surface area contributed by atoms with E-state index in [0.29, 0.717) is 6.61 Å². The molecule has 128 valence electrons. The molecule has 2 heteroatoms. The third-order valence-electron chi connectivity index (χ3n) is 3.67. The number of hydrogen-bond acceptors (Lipinski definition) is 2. The Balaban J connectivity index is 0. The number of hydrogen-bond donors (Lipinski definition) is 2. The highest BCUT2D eigenvalue weighted by Crippen LogP contribution is 2.09. The van der Waals surface area contributed by atoms with E-state index < -0.39 is 0 Å². The Bertz CT molecular complexity index is 180. The monoisotopic (exact) mass is 299 g/mol. The minimum absolute atomic E-state index is 0.362. The van der Waals surface area contributed by atoms with Crippen LogP contribution < -0.4 is 5.73 Å². The molecule has 0 amide bonds. The minimum atomic E-state index is 0.362. The summed E-state index contributed by atoms with van der Waals surface area (Å²) < 4.78 is 0. The van der Waals surface area contributed by atoms with Crippen molar-refractivity contribution in [2.24, 2.45) is 5.73 Å². The molecule has 0 atom stereocenters. The van der Waals surface area contributed by atoms with Crippen molar-refractivity contribution in [2.45, 2.75) is 96.8 Å². The molecule has 0 saturated heterocycles. The summed E-state index contributed by atoms with van der Waals surface area (Å²) in [6, 6.07) is 0. The van der Waals surface area contributed by atoms with Crippen molar-refractivity contribution in [2.75, 3.05) is 13.7 Å². The van der Waals surface area contributed by atoms with E-state index in [2.05, 4.69) is 24.8 Å². The Hall–Kier alpha value is -0.340. The van der Waals surface area contributed by atoms with E-state index in [9.17, 15) is 0 Å². The van der Waals surface area contributed by atoms with Crippen LogP contribution in [0.2, 0.25) is 0 Å². The van der Waals surface area contributed by atoms with Crippen LogP contribution >= 0.6 is 0 Å². The van der Waals surface area contributed by atoms with Crippen LogP contribution in [0.25, 0.3) is 0 Å². The molecule has 0 rings (SSSR count). The van der Waals surface area contributed by atoms with Gasteiger partial charge in [0.05, 0.1) is 0 Å². The maximum atomic E-state index is 8.66. The van der Waals surface area contributed by atoms with Gasteiger partial charge in [-0.2, -0.15) is 0 Å². The summed E-state index contributed by atoms with van der Waals surface area (Å²) in [6.07, 6.45) is 23.2. The zero-order valence-corrected chi connectivity index (χ0v) is 14.8. The van der Waals surface area contributed by atoms with Gasteiger partial charge in [0, 0.05) is 6.61 Å². The van der Waals surface area contributed by atoms with E-state index in [1.54, 1.807) is 0 Å². The molecule has 0 aliphatic rings. The Morgan fingerprint density at radius 2 is 1.00 bits per heavy atom. The van der Waals surface area contributed by atoms with Gasteiger partial charge in [-0.1, -0.05) is 76.9 Å². The smallest absolute Gasteiger partial charge is 0.0431 e. The number of unbranched alkanes of at least 4 members (excludes halogenated alkanes) is 12. The molecule has 21 heavy (non-hydrogen) atoms. The number of allylic oxidation sites excluding steroid dienone is 2.